The molecule has 4 nitrogen and oxygen atoms in total. The third-order valence-corrected chi connectivity index (χ3v) is 4.73. The van der Waals surface area contributed by atoms with Crippen LogP contribution in [0.2, 0.25) is 0 Å². The molecule has 122 valence electrons. The Morgan fingerprint density at radius 2 is 1.80 bits per heavy atom. The van der Waals surface area contributed by atoms with Gasteiger partial charge in [-0.05, 0) is 42.7 Å². The van der Waals surface area contributed by atoms with Gasteiger partial charge in [-0.15, -0.1) is 0 Å². The number of hydrogen-bond acceptors (Lipinski definition) is 3. The van der Waals surface area contributed by atoms with E-state index in [1.165, 1.54) is 11.8 Å². The van der Waals surface area contributed by atoms with Crippen molar-refractivity contribution in [1.82, 2.24) is 19.7 Å². The van der Waals surface area contributed by atoms with E-state index in [1.807, 2.05) is 28.9 Å². The minimum atomic E-state index is -0.249. The number of aryl methyl sites for hydroxylation is 1. The maximum absolute atomic E-state index is 14.4. The molecule has 0 N–H and O–H groups in total. The van der Waals surface area contributed by atoms with Crippen molar-refractivity contribution in [2.75, 3.05) is 0 Å². The van der Waals surface area contributed by atoms with Crippen LogP contribution in [-0.4, -0.2) is 19.7 Å². The van der Waals surface area contributed by atoms with E-state index in [0.717, 1.165) is 41.5 Å². The van der Waals surface area contributed by atoms with Crippen molar-refractivity contribution in [2.45, 2.75) is 19.4 Å². The molecule has 3 heterocycles. The first-order chi connectivity index (χ1) is 12.3. The molecule has 0 bridgehead atoms. The second-order valence-corrected chi connectivity index (χ2v) is 6.24. The first-order valence-corrected chi connectivity index (χ1v) is 8.37. The predicted octanol–water partition coefficient (Wildman–Crippen LogP) is 4.25. The average Bonchev–Trinajstić information content (AvgIpc) is 3.22. The minimum Gasteiger partial charge on any atom is -0.268 e. The van der Waals surface area contributed by atoms with Crippen LogP contribution in [0, 0.1) is 5.82 Å². The van der Waals surface area contributed by atoms with Crippen LogP contribution >= 0.6 is 0 Å². The molecule has 0 amide bonds. The quantitative estimate of drug-likeness (QED) is 0.552. The maximum Gasteiger partial charge on any atom is 0.132 e. The molecule has 0 spiro atoms. The second-order valence-electron chi connectivity index (χ2n) is 6.24. The Morgan fingerprint density at radius 3 is 2.68 bits per heavy atom. The van der Waals surface area contributed by atoms with E-state index in [-0.39, 0.29) is 5.82 Å². The summed E-state index contributed by atoms with van der Waals surface area (Å²) in [5.74, 6) is -0.249. The van der Waals surface area contributed by atoms with Crippen LogP contribution in [-0.2, 0) is 13.0 Å². The van der Waals surface area contributed by atoms with Gasteiger partial charge in [-0.3, -0.25) is 14.6 Å². The van der Waals surface area contributed by atoms with Gasteiger partial charge in [-0.25, -0.2) is 4.39 Å². The Morgan fingerprint density at radius 1 is 0.960 bits per heavy atom. The third-order valence-electron chi connectivity index (χ3n) is 4.73. The van der Waals surface area contributed by atoms with Gasteiger partial charge in [0.1, 0.15) is 11.5 Å². The van der Waals surface area contributed by atoms with Crippen LogP contribution in [0.4, 0.5) is 4.39 Å². The van der Waals surface area contributed by atoms with Crippen LogP contribution in [0.15, 0.2) is 54.9 Å². The summed E-state index contributed by atoms with van der Waals surface area (Å²) in [7, 11) is 0. The molecule has 1 aliphatic heterocycles. The van der Waals surface area contributed by atoms with Gasteiger partial charge in [-0.2, -0.15) is 5.10 Å². The largest absolute Gasteiger partial charge is 0.268 e. The van der Waals surface area contributed by atoms with Gasteiger partial charge in [0.15, 0.2) is 0 Å². The van der Waals surface area contributed by atoms with Crippen molar-refractivity contribution in [3.63, 3.8) is 0 Å². The molecular formula is C20H15FN4. The van der Waals surface area contributed by atoms with Gasteiger partial charge < -0.3 is 0 Å². The Kier molecular flexibility index (Phi) is 3.13. The summed E-state index contributed by atoms with van der Waals surface area (Å²) in [6.45, 7) is 0.879. The molecule has 0 fully saturated rings. The second kappa shape index (κ2) is 5.48. The highest BCUT2D eigenvalue weighted by Crippen LogP contribution is 2.38. The van der Waals surface area contributed by atoms with Crippen molar-refractivity contribution >= 4 is 11.0 Å². The number of halogens is 1. The Hall–Kier alpha value is -3.08. The monoisotopic (exact) mass is 330 g/mol. The predicted molar refractivity (Wildman–Crippen MR) is 94.5 cm³/mol. The molecule has 5 rings (SSSR count). The molecule has 25 heavy (non-hydrogen) atoms. The van der Waals surface area contributed by atoms with Crippen LogP contribution in [0.1, 0.15) is 12.1 Å². The summed E-state index contributed by atoms with van der Waals surface area (Å²) >= 11 is 0. The normalized spacial score (nSPS) is 13.3. The van der Waals surface area contributed by atoms with Crippen LogP contribution in [0.3, 0.4) is 0 Å². The van der Waals surface area contributed by atoms with Crippen LogP contribution in [0.25, 0.3) is 33.4 Å². The van der Waals surface area contributed by atoms with Gasteiger partial charge >= 0.3 is 0 Å². The number of hydrogen-bond donors (Lipinski definition) is 0. The summed E-state index contributed by atoms with van der Waals surface area (Å²) in [5, 5.41) is 4.72. The van der Waals surface area contributed by atoms with Crippen molar-refractivity contribution in [1.29, 1.82) is 0 Å². The lowest BCUT2D eigenvalue weighted by Gasteiger charge is -2.07. The van der Waals surface area contributed by atoms with Gasteiger partial charge in [0.2, 0.25) is 0 Å². The van der Waals surface area contributed by atoms with E-state index in [0.29, 0.717) is 11.3 Å². The highest BCUT2D eigenvalue weighted by molar-refractivity contribution is 5.88. The van der Waals surface area contributed by atoms with Crippen LogP contribution in [0.5, 0.6) is 0 Å². The SMILES string of the molecule is Fc1ccccc1-c1nn2c(c1-c1ccc3nccnc3c1)CCC2. The maximum atomic E-state index is 14.4. The molecule has 0 saturated carbocycles. The average molecular weight is 330 g/mol. The fourth-order valence-corrected chi connectivity index (χ4v) is 3.60. The molecule has 0 unspecified atom stereocenters. The Balaban J connectivity index is 1.78. The van der Waals surface area contributed by atoms with E-state index < -0.39 is 0 Å². The van der Waals surface area contributed by atoms with Gasteiger partial charge in [0, 0.05) is 35.8 Å². The zero-order valence-electron chi connectivity index (χ0n) is 13.5. The summed E-state index contributed by atoms with van der Waals surface area (Å²) < 4.78 is 16.4. The van der Waals surface area contributed by atoms with E-state index in [9.17, 15) is 4.39 Å². The Bertz CT molecular complexity index is 1100. The lowest BCUT2D eigenvalue weighted by Crippen LogP contribution is -1.94. The van der Waals surface area contributed by atoms with E-state index in [1.54, 1.807) is 24.5 Å². The van der Waals surface area contributed by atoms with E-state index >= 15 is 0 Å². The molecule has 0 aliphatic carbocycles. The van der Waals surface area contributed by atoms with Crippen LogP contribution < -0.4 is 0 Å². The summed E-state index contributed by atoms with van der Waals surface area (Å²) in [4.78, 5) is 8.73. The molecule has 2 aromatic heterocycles. The third kappa shape index (κ3) is 2.23. The molecule has 0 atom stereocenters. The van der Waals surface area contributed by atoms with E-state index in [4.69, 9.17) is 5.10 Å². The molecule has 1 aliphatic rings. The molecule has 5 heteroatoms. The first kappa shape index (κ1) is 14.3. The zero-order chi connectivity index (χ0) is 16.8. The molecule has 0 radical (unpaired) electrons. The Labute approximate surface area is 144 Å². The minimum absolute atomic E-state index is 0.249. The molecule has 0 saturated heterocycles. The van der Waals surface area contributed by atoms with Gasteiger partial charge in [-0.1, -0.05) is 18.2 Å². The standard InChI is InChI=1S/C20H15FN4/c21-15-5-2-1-4-14(15)20-19(18-6-3-11-25(18)24-20)13-7-8-16-17(12-13)23-10-9-22-16/h1-2,4-5,7-10,12H,3,6,11H2. The lowest BCUT2D eigenvalue weighted by atomic mass is 9.97. The number of benzene rings is 2. The van der Waals surface area contributed by atoms with Gasteiger partial charge in [0.25, 0.3) is 0 Å². The fourth-order valence-electron chi connectivity index (χ4n) is 3.60. The number of fused-ring (bicyclic) bond motifs is 2. The summed E-state index contributed by atoms with van der Waals surface area (Å²) in [6.07, 6.45) is 5.40. The lowest BCUT2D eigenvalue weighted by molar-refractivity contribution is 0.627. The molecule has 4 aromatic rings. The number of aromatic nitrogens is 4. The summed E-state index contributed by atoms with van der Waals surface area (Å²) in [5.41, 5.74) is 6.11. The molecule has 2 aromatic carbocycles. The van der Waals surface area contributed by atoms with Crippen molar-refractivity contribution in [3.8, 4) is 22.4 Å². The first-order valence-electron chi connectivity index (χ1n) is 8.37. The topological polar surface area (TPSA) is 43.6 Å². The fraction of sp³-hybridized carbons (Fsp3) is 0.150. The molecular weight excluding hydrogens is 315 g/mol. The highest BCUT2D eigenvalue weighted by atomic mass is 19.1. The number of rotatable bonds is 2. The van der Waals surface area contributed by atoms with Crippen molar-refractivity contribution in [3.05, 3.63) is 66.4 Å². The zero-order valence-corrected chi connectivity index (χ0v) is 13.5. The van der Waals surface area contributed by atoms with Crippen molar-refractivity contribution < 1.29 is 4.39 Å². The van der Waals surface area contributed by atoms with Gasteiger partial charge in [0.05, 0.1) is 11.0 Å². The summed E-state index contributed by atoms with van der Waals surface area (Å²) in [6, 6.07) is 12.8. The van der Waals surface area contributed by atoms with Crippen molar-refractivity contribution in [2.24, 2.45) is 0 Å². The number of nitrogens with zero attached hydrogens (tertiary/aromatic N) is 4. The highest BCUT2D eigenvalue weighted by Gasteiger charge is 2.25. The van der Waals surface area contributed by atoms with E-state index in [2.05, 4.69) is 9.97 Å². The smallest absolute Gasteiger partial charge is 0.132 e.